The minimum atomic E-state index is -3.74. The third-order valence-electron chi connectivity index (χ3n) is 5.09. The molecule has 0 atom stereocenters. The van der Waals surface area contributed by atoms with E-state index in [0.29, 0.717) is 11.3 Å². The Hall–Kier alpha value is -2.34. The Bertz CT molecular complexity index is 901. The van der Waals surface area contributed by atoms with Gasteiger partial charge in [-0.1, -0.05) is 43.0 Å². The number of carbonyl (C=O) groups excluding carboxylic acids is 1. The maximum absolute atomic E-state index is 13.0. The summed E-state index contributed by atoms with van der Waals surface area (Å²) in [6, 6.07) is 13.7. The fraction of sp³-hybridized carbons (Fsp3) is 0.381. The summed E-state index contributed by atoms with van der Waals surface area (Å²) >= 11 is 0. The smallest absolute Gasteiger partial charge is 0.264 e. The SMILES string of the molecule is Cc1ccc(N(C)S(=O)(=O)c2cccc(C(=O)NC3CCCCC3)c2)cc1. The number of sulfonamides is 1. The summed E-state index contributed by atoms with van der Waals surface area (Å²) in [5.41, 5.74) is 2.02. The van der Waals surface area contributed by atoms with Gasteiger partial charge in [-0.15, -0.1) is 0 Å². The molecular formula is C21H26N2O3S. The number of carbonyl (C=O) groups is 1. The van der Waals surface area contributed by atoms with Crippen LogP contribution in [0.2, 0.25) is 0 Å². The maximum atomic E-state index is 13.0. The summed E-state index contributed by atoms with van der Waals surface area (Å²) in [5.74, 6) is -0.211. The Morgan fingerprint density at radius 1 is 1.04 bits per heavy atom. The molecule has 1 N–H and O–H groups in total. The van der Waals surface area contributed by atoms with Crippen LogP contribution in [0.15, 0.2) is 53.4 Å². The predicted octanol–water partition coefficient (Wildman–Crippen LogP) is 3.88. The Balaban J connectivity index is 1.80. The highest BCUT2D eigenvalue weighted by molar-refractivity contribution is 7.92. The monoisotopic (exact) mass is 386 g/mol. The van der Waals surface area contributed by atoms with Gasteiger partial charge in [-0.25, -0.2) is 8.42 Å². The van der Waals surface area contributed by atoms with Crippen LogP contribution in [-0.2, 0) is 10.0 Å². The highest BCUT2D eigenvalue weighted by atomic mass is 32.2. The lowest BCUT2D eigenvalue weighted by atomic mass is 9.95. The lowest BCUT2D eigenvalue weighted by Crippen LogP contribution is -2.36. The van der Waals surface area contributed by atoms with Gasteiger partial charge in [-0.2, -0.15) is 0 Å². The molecule has 0 heterocycles. The van der Waals surface area contributed by atoms with Crippen molar-refractivity contribution in [1.29, 1.82) is 0 Å². The first-order valence-corrected chi connectivity index (χ1v) is 10.8. The number of nitrogens with one attached hydrogen (secondary N) is 1. The number of benzene rings is 2. The molecular weight excluding hydrogens is 360 g/mol. The van der Waals surface area contributed by atoms with Crippen LogP contribution in [0.5, 0.6) is 0 Å². The van der Waals surface area contributed by atoms with Gasteiger partial charge >= 0.3 is 0 Å². The van der Waals surface area contributed by atoms with Gasteiger partial charge < -0.3 is 5.32 Å². The van der Waals surface area contributed by atoms with Crippen molar-refractivity contribution in [2.75, 3.05) is 11.4 Å². The molecule has 27 heavy (non-hydrogen) atoms. The molecule has 1 amide bonds. The Kier molecular flexibility index (Phi) is 5.85. The normalized spacial score (nSPS) is 15.3. The lowest BCUT2D eigenvalue weighted by Gasteiger charge is -2.23. The van der Waals surface area contributed by atoms with Crippen molar-refractivity contribution in [3.63, 3.8) is 0 Å². The van der Waals surface area contributed by atoms with Crippen molar-refractivity contribution in [2.45, 2.75) is 50.0 Å². The highest BCUT2D eigenvalue weighted by Gasteiger charge is 2.23. The summed E-state index contributed by atoms with van der Waals surface area (Å²) in [4.78, 5) is 12.7. The second-order valence-electron chi connectivity index (χ2n) is 7.14. The molecule has 0 spiro atoms. The quantitative estimate of drug-likeness (QED) is 0.848. The molecule has 0 aromatic heterocycles. The first-order chi connectivity index (χ1) is 12.9. The zero-order valence-electron chi connectivity index (χ0n) is 15.8. The molecule has 5 nitrogen and oxygen atoms in total. The van der Waals surface area contributed by atoms with Crippen molar-refractivity contribution >= 4 is 21.6 Å². The van der Waals surface area contributed by atoms with E-state index in [4.69, 9.17) is 0 Å². The standard InChI is InChI=1S/C21H26N2O3S/c1-16-11-13-19(14-12-16)23(2)27(25,26)20-10-6-7-17(15-20)21(24)22-18-8-4-3-5-9-18/h6-7,10-15,18H,3-5,8-9H2,1-2H3,(H,22,24). The van der Waals surface area contributed by atoms with E-state index >= 15 is 0 Å². The summed E-state index contributed by atoms with van der Waals surface area (Å²) < 4.78 is 27.2. The number of hydrogen-bond acceptors (Lipinski definition) is 3. The van der Waals surface area contributed by atoms with Crippen molar-refractivity contribution in [2.24, 2.45) is 0 Å². The van der Waals surface area contributed by atoms with E-state index in [1.54, 1.807) is 24.3 Å². The molecule has 0 radical (unpaired) electrons. The molecule has 2 aromatic rings. The zero-order valence-corrected chi connectivity index (χ0v) is 16.6. The fourth-order valence-corrected chi connectivity index (χ4v) is 4.61. The van der Waals surface area contributed by atoms with Crippen LogP contribution in [-0.4, -0.2) is 27.4 Å². The van der Waals surface area contributed by atoms with Crippen molar-refractivity contribution in [3.8, 4) is 0 Å². The Labute approximate surface area is 161 Å². The van der Waals surface area contributed by atoms with Gasteiger partial charge in [0.15, 0.2) is 0 Å². The lowest BCUT2D eigenvalue weighted by molar-refractivity contribution is 0.0927. The van der Waals surface area contributed by atoms with E-state index in [1.807, 2.05) is 19.1 Å². The number of nitrogens with zero attached hydrogens (tertiary/aromatic N) is 1. The largest absolute Gasteiger partial charge is 0.349 e. The molecule has 1 fully saturated rings. The van der Waals surface area contributed by atoms with Crippen molar-refractivity contribution in [3.05, 3.63) is 59.7 Å². The van der Waals surface area contributed by atoms with Crippen molar-refractivity contribution in [1.82, 2.24) is 5.32 Å². The number of rotatable bonds is 5. The number of anilines is 1. The first-order valence-electron chi connectivity index (χ1n) is 9.34. The van der Waals surface area contributed by atoms with Crippen LogP contribution in [0.1, 0.15) is 48.0 Å². The average molecular weight is 387 g/mol. The number of aryl methyl sites for hydroxylation is 1. The molecule has 144 valence electrons. The molecule has 1 saturated carbocycles. The third kappa shape index (κ3) is 4.50. The molecule has 1 aliphatic rings. The fourth-order valence-electron chi connectivity index (χ4n) is 3.37. The van der Waals surface area contributed by atoms with E-state index in [1.165, 1.54) is 29.9 Å². The van der Waals surface area contributed by atoms with Gasteiger partial charge in [0.05, 0.1) is 10.6 Å². The Morgan fingerprint density at radius 2 is 1.70 bits per heavy atom. The third-order valence-corrected chi connectivity index (χ3v) is 6.87. The van der Waals surface area contributed by atoms with Gasteiger partial charge in [0, 0.05) is 18.7 Å². The topological polar surface area (TPSA) is 66.5 Å². The number of hydrogen-bond donors (Lipinski definition) is 1. The molecule has 0 aliphatic heterocycles. The van der Waals surface area contributed by atoms with Crippen LogP contribution >= 0.6 is 0 Å². The van der Waals surface area contributed by atoms with Crippen LogP contribution in [0.3, 0.4) is 0 Å². The second kappa shape index (κ2) is 8.13. The summed E-state index contributed by atoms with van der Waals surface area (Å²) in [7, 11) is -2.22. The maximum Gasteiger partial charge on any atom is 0.264 e. The molecule has 2 aromatic carbocycles. The second-order valence-corrected chi connectivity index (χ2v) is 9.11. The number of amides is 1. The Morgan fingerprint density at radius 3 is 2.37 bits per heavy atom. The van der Waals surface area contributed by atoms with Crippen LogP contribution in [0.4, 0.5) is 5.69 Å². The van der Waals surface area contributed by atoms with Gasteiger partial charge in [0.1, 0.15) is 0 Å². The molecule has 3 rings (SSSR count). The first kappa shape index (κ1) is 19.4. The zero-order chi connectivity index (χ0) is 19.4. The average Bonchev–Trinajstić information content (AvgIpc) is 2.69. The molecule has 0 saturated heterocycles. The highest BCUT2D eigenvalue weighted by Crippen LogP contribution is 2.23. The molecule has 0 bridgehead atoms. The molecule has 0 unspecified atom stereocenters. The van der Waals surface area contributed by atoms with Gasteiger partial charge in [0.2, 0.25) is 0 Å². The van der Waals surface area contributed by atoms with Crippen molar-refractivity contribution < 1.29 is 13.2 Å². The van der Waals surface area contributed by atoms with E-state index in [0.717, 1.165) is 31.2 Å². The van der Waals surface area contributed by atoms with Gasteiger partial charge in [-0.05, 0) is 50.1 Å². The van der Waals surface area contributed by atoms with E-state index in [9.17, 15) is 13.2 Å². The summed E-state index contributed by atoms with van der Waals surface area (Å²) in [6.07, 6.45) is 5.44. The van der Waals surface area contributed by atoms with Gasteiger partial charge in [-0.3, -0.25) is 9.10 Å². The van der Waals surface area contributed by atoms with Gasteiger partial charge in [0.25, 0.3) is 15.9 Å². The molecule has 6 heteroatoms. The van der Waals surface area contributed by atoms with E-state index in [-0.39, 0.29) is 16.8 Å². The minimum Gasteiger partial charge on any atom is -0.349 e. The van der Waals surface area contributed by atoms with Crippen LogP contribution in [0, 0.1) is 6.92 Å². The van der Waals surface area contributed by atoms with E-state index < -0.39 is 10.0 Å². The molecule has 1 aliphatic carbocycles. The predicted molar refractivity (Wildman–Crippen MR) is 108 cm³/mol. The van der Waals surface area contributed by atoms with E-state index in [2.05, 4.69) is 5.32 Å². The summed E-state index contributed by atoms with van der Waals surface area (Å²) in [5, 5.41) is 3.03. The van der Waals surface area contributed by atoms with Crippen LogP contribution in [0.25, 0.3) is 0 Å². The van der Waals surface area contributed by atoms with Crippen LogP contribution < -0.4 is 9.62 Å². The minimum absolute atomic E-state index is 0.113. The summed E-state index contributed by atoms with van der Waals surface area (Å²) in [6.45, 7) is 1.95.